The van der Waals surface area contributed by atoms with Crippen molar-refractivity contribution < 1.29 is 0 Å². The Morgan fingerprint density at radius 1 is 1.40 bits per heavy atom. The van der Waals surface area contributed by atoms with E-state index in [-0.39, 0.29) is 0 Å². The molecule has 0 spiro atoms. The number of rotatable bonds is 4. The summed E-state index contributed by atoms with van der Waals surface area (Å²) in [5, 5.41) is 3.84. The van der Waals surface area contributed by atoms with Gasteiger partial charge in [-0.2, -0.15) is 0 Å². The van der Waals surface area contributed by atoms with Crippen molar-refractivity contribution in [3.8, 4) is 0 Å². The monoisotopic (exact) mass is 290 g/mol. The summed E-state index contributed by atoms with van der Waals surface area (Å²) < 4.78 is 0. The molecule has 0 amide bonds. The first kappa shape index (κ1) is 14.3. The van der Waals surface area contributed by atoms with Gasteiger partial charge in [-0.1, -0.05) is 13.0 Å². The molecule has 1 saturated carbocycles. The number of hydrogen-bond donors (Lipinski definition) is 1. The van der Waals surface area contributed by atoms with Gasteiger partial charge in [0.25, 0.3) is 0 Å². The third kappa shape index (κ3) is 2.71. The van der Waals surface area contributed by atoms with Crippen molar-refractivity contribution in [3.05, 3.63) is 24.3 Å². The molecule has 1 aliphatic carbocycles. The molecule has 1 saturated heterocycles. The summed E-state index contributed by atoms with van der Waals surface area (Å²) >= 11 is 1.83. The number of thioether (sulfide) groups is 1. The van der Waals surface area contributed by atoms with Gasteiger partial charge in [0, 0.05) is 35.3 Å². The largest absolute Gasteiger partial charge is 0.365 e. The highest BCUT2D eigenvalue weighted by Crippen LogP contribution is 2.42. The Hall–Kier alpha value is -0.670. The summed E-state index contributed by atoms with van der Waals surface area (Å²) in [6.45, 7) is 6.99. The van der Waals surface area contributed by atoms with Crippen LogP contribution in [0, 0.1) is 5.92 Å². The quantitative estimate of drug-likeness (QED) is 0.850. The first-order chi connectivity index (χ1) is 9.66. The van der Waals surface area contributed by atoms with Crippen LogP contribution in [0.2, 0.25) is 0 Å². The predicted molar refractivity (Wildman–Crippen MR) is 88.8 cm³/mol. The maximum absolute atomic E-state index is 3.84. The minimum absolute atomic E-state index is 0.307. The summed E-state index contributed by atoms with van der Waals surface area (Å²) in [5.74, 6) is 0.881. The molecule has 3 heteroatoms. The van der Waals surface area contributed by atoms with Crippen LogP contribution in [0.1, 0.15) is 33.1 Å². The van der Waals surface area contributed by atoms with E-state index in [1.807, 2.05) is 11.8 Å². The van der Waals surface area contributed by atoms with E-state index >= 15 is 0 Å². The van der Waals surface area contributed by atoms with Gasteiger partial charge in [0.2, 0.25) is 0 Å². The van der Waals surface area contributed by atoms with E-state index in [9.17, 15) is 0 Å². The summed E-state index contributed by atoms with van der Waals surface area (Å²) in [7, 11) is 0. The molecule has 0 aromatic heterocycles. The summed E-state index contributed by atoms with van der Waals surface area (Å²) in [6, 6.07) is 9.66. The average Bonchev–Trinajstić information content (AvgIpc) is 3.32. The zero-order valence-electron chi connectivity index (χ0n) is 12.9. The lowest BCUT2D eigenvalue weighted by molar-refractivity contribution is 0.252. The Morgan fingerprint density at radius 3 is 2.85 bits per heavy atom. The lowest BCUT2D eigenvalue weighted by atomic mass is 9.90. The molecule has 1 aliphatic heterocycles. The molecule has 1 heterocycles. The standard InChI is InChI=1S/C17H26N2S/c1-4-14-11-18-17(2,13-8-9-13)12-19(14)15-6-5-7-16(10-15)20-3/h5-7,10,13-14,18H,4,8-9,11-12H2,1-3H3. The number of nitrogens with one attached hydrogen (secondary N) is 1. The molecule has 2 unspecified atom stereocenters. The van der Waals surface area contributed by atoms with Crippen LogP contribution in [-0.2, 0) is 0 Å². The van der Waals surface area contributed by atoms with Gasteiger partial charge < -0.3 is 10.2 Å². The number of anilines is 1. The Morgan fingerprint density at radius 2 is 2.20 bits per heavy atom. The van der Waals surface area contributed by atoms with Gasteiger partial charge in [-0.05, 0) is 56.6 Å². The van der Waals surface area contributed by atoms with E-state index in [1.54, 1.807) is 0 Å². The Bertz CT molecular complexity index is 472. The fraction of sp³-hybridized carbons (Fsp3) is 0.647. The van der Waals surface area contributed by atoms with Crippen molar-refractivity contribution in [2.45, 2.75) is 49.6 Å². The van der Waals surface area contributed by atoms with Gasteiger partial charge in [0.05, 0.1) is 0 Å². The Kier molecular flexibility index (Phi) is 4.00. The van der Waals surface area contributed by atoms with Crippen molar-refractivity contribution in [3.63, 3.8) is 0 Å². The number of hydrogen-bond acceptors (Lipinski definition) is 3. The molecule has 3 rings (SSSR count). The van der Waals surface area contributed by atoms with Crippen LogP contribution in [-0.4, -0.2) is 30.9 Å². The van der Waals surface area contributed by atoms with E-state index < -0.39 is 0 Å². The van der Waals surface area contributed by atoms with Crippen molar-refractivity contribution in [2.24, 2.45) is 5.92 Å². The van der Waals surface area contributed by atoms with Crippen LogP contribution >= 0.6 is 11.8 Å². The number of benzene rings is 1. The Balaban J connectivity index is 1.86. The normalized spacial score (nSPS) is 30.6. The van der Waals surface area contributed by atoms with Crippen LogP contribution in [0.25, 0.3) is 0 Å². The highest BCUT2D eigenvalue weighted by Gasteiger charge is 2.45. The SMILES string of the molecule is CCC1CNC(C)(C2CC2)CN1c1cccc(SC)c1. The first-order valence-corrected chi connectivity index (χ1v) is 9.04. The summed E-state index contributed by atoms with van der Waals surface area (Å²) in [6.07, 6.45) is 6.16. The van der Waals surface area contributed by atoms with Gasteiger partial charge >= 0.3 is 0 Å². The third-order valence-corrected chi connectivity index (χ3v) is 5.74. The Labute approximate surface area is 127 Å². The fourth-order valence-electron chi connectivity index (χ4n) is 3.45. The zero-order valence-corrected chi connectivity index (χ0v) is 13.7. The van der Waals surface area contributed by atoms with Crippen LogP contribution in [0.3, 0.4) is 0 Å². The zero-order chi connectivity index (χ0) is 14.2. The van der Waals surface area contributed by atoms with E-state index in [0.717, 1.165) is 19.0 Å². The van der Waals surface area contributed by atoms with Crippen molar-refractivity contribution >= 4 is 17.4 Å². The van der Waals surface area contributed by atoms with E-state index in [0.29, 0.717) is 11.6 Å². The molecule has 0 radical (unpaired) electrons. The van der Waals surface area contributed by atoms with Gasteiger partial charge in [-0.3, -0.25) is 0 Å². The molecule has 2 atom stereocenters. The van der Waals surface area contributed by atoms with Crippen LogP contribution in [0.15, 0.2) is 29.2 Å². The predicted octanol–water partition coefficient (Wildman–Crippen LogP) is 3.77. The lowest BCUT2D eigenvalue weighted by Gasteiger charge is -2.48. The highest BCUT2D eigenvalue weighted by atomic mass is 32.2. The second-order valence-electron chi connectivity index (χ2n) is 6.46. The van der Waals surface area contributed by atoms with Crippen molar-refractivity contribution in [1.82, 2.24) is 5.32 Å². The van der Waals surface area contributed by atoms with E-state index in [1.165, 1.54) is 29.8 Å². The van der Waals surface area contributed by atoms with E-state index in [2.05, 4.69) is 54.6 Å². The van der Waals surface area contributed by atoms with Gasteiger partial charge in [0.15, 0.2) is 0 Å². The average molecular weight is 290 g/mol. The molecule has 1 aromatic carbocycles. The molecule has 2 nitrogen and oxygen atoms in total. The number of piperazine rings is 1. The second-order valence-corrected chi connectivity index (χ2v) is 7.34. The molecule has 1 aromatic rings. The second kappa shape index (κ2) is 5.61. The molecule has 2 fully saturated rings. The number of nitrogens with zero attached hydrogens (tertiary/aromatic N) is 1. The molecule has 110 valence electrons. The maximum Gasteiger partial charge on any atom is 0.0412 e. The third-order valence-electron chi connectivity index (χ3n) is 5.02. The lowest BCUT2D eigenvalue weighted by Crippen LogP contribution is -2.64. The van der Waals surface area contributed by atoms with Crippen LogP contribution < -0.4 is 10.2 Å². The van der Waals surface area contributed by atoms with Gasteiger partial charge in [0.1, 0.15) is 0 Å². The van der Waals surface area contributed by atoms with Crippen LogP contribution in [0.4, 0.5) is 5.69 Å². The molecular weight excluding hydrogens is 264 g/mol. The van der Waals surface area contributed by atoms with Crippen molar-refractivity contribution in [2.75, 3.05) is 24.2 Å². The van der Waals surface area contributed by atoms with Gasteiger partial charge in [-0.15, -0.1) is 11.8 Å². The molecule has 0 bridgehead atoms. The van der Waals surface area contributed by atoms with Crippen LogP contribution in [0.5, 0.6) is 0 Å². The molecule has 20 heavy (non-hydrogen) atoms. The minimum atomic E-state index is 0.307. The highest BCUT2D eigenvalue weighted by molar-refractivity contribution is 7.98. The van der Waals surface area contributed by atoms with E-state index in [4.69, 9.17) is 0 Å². The van der Waals surface area contributed by atoms with Crippen molar-refractivity contribution in [1.29, 1.82) is 0 Å². The smallest absolute Gasteiger partial charge is 0.0412 e. The minimum Gasteiger partial charge on any atom is -0.365 e. The van der Waals surface area contributed by atoms with Gasteiger partial charge in [-0.25, -0.2) is 0 Å². The molecule has 1 N–H and O–H groups in total. The fourth-order valence-corrected chi connectivity index (χ4v) is 3.90. The summed E-state index contributed by atoms with van der Waals surface area (Å²) in [5.41, 5.74) is 1.71. The summed E-state index contributed by atoms with van der Waals surface area (Å²) in [4.78, 5) is 4.01. The molecule has 2 aliphatic rings. The topological polar surface area (TPSA) is 15.3 Å². The molecular formula is C17H26N2S. The first-order valence-electron chi connectivity index (χ1n) is 7.82. The maximum atomic E-state index is 3.84.